The Labute approximate surface area is 122 Å². The van der Waals surface area contributed by atoms with Gasteiger partial charge in [0, 0.05) is 12.2 Å². The van der Waals surface area contributed by atoms with E-state index in [0.717, 1.165) is 11.3 Å². The second-order valence-electron chi connectivity index (χ2n) is 4.51. The largest absolute Gasteiger partial charge is 0.497 e. The third kappa shape index (κ3) is 4.89. The van der Waals surface area contributed by atoms with Crippen molar-refractivity contribution < 1.29 is 13.9 Å². The number of hydrogen-bond donors (Lipinski definition) is 2. The van der Waals surface area contributed by atoms with Gasteiger partial charge in [-0.3, -0.25) is 4.79 Å². The molecule has 0 bridgehead atoms. The van der Waals surface area contributed by atoms with Crippen LogP contribution < -0.4 is 15.4 Å². The molecule has 4 nitrogen and oxygen atoms in total. The van der Waals surface area contributed by atoms with Crippen molar-refractivity contribution in [1.29, 1.82) is 0 Å². The molecule has 0 atom stereocenters. The molecule has 0 aliphatic rings. The van der Waals surface area contributed by atoms with E-state index in [0.29, 0.717) is 12.2 Å². The number of nitrogens with one attached hydrogen (secondary N) is 2. The molecule has 5 heteroatoms. The lowest BCUT2D eigenvalue weighted by atomic mass is 10.2. The molecule has 0 spiro atoms. The minimum Gasteiger partial charge on any atom is -0.497 e. The van der Waals surface area contributed by atoms with Gasteiger partial charge in [-0.2, -0.15) is 0 Å². The fraction of sp³-hybridized carbons (Fsp3) is 0.188. The maximum atomic E-state index is 13.0. The maximum Gasteiger partial charge on any atom is 0.238 e. The molecule has 0 heterocycles. The first-order valence-corrected chi connectivity index (χ1v) is 6.56. The van der Waals surface area contributed by atoms with Gasteiger partial charge in [-0.05, 0) is 35.9 Å². The van der Waals surface area contributed by atoms with E-state index < -0.39 is 0 Å². The van der Waals surface area contributed by atoms with Crippen LogP contribution in [0.15, 0.2) is 48.5 Å². The van der Waals surface area contributed by atoms with E-state index in [1.165, 1.54) is 12.1 Å². The summed E-state index contributed by atoms with van der Waals surface area (Å²) in [4.78, 5) is 11.7. The number of carbonyl (C=O) groups is 1. The Hall–Kier alpha value is -2.40. The van der Waals surface area contributed by atoms with E-state index in [2.05, 4.69) is 10.6 Å². The van der Waals surface area contributed by atoms with Gasteiger partial charge >= 0.3 is 0 Å². The third-order valence-corrected chi connectivity index (χ3v) is 2.88. The summed E-state index contributed by atoms with van der Waals surface area (Å²) in [6.45, 7) is 0.725. The molecule has 2 aromatic rings. The van der Waals surface area contributed by atoms with E-state index in [-0.39, 0.29) is 18.3 Å². The number of halogens is 1. The Morgan fingerprint density at radius 1 is 1.19 bits per heavy atom. The summed E-state index contributed by atoms with van der Waals surface area (Å²) < 4.78 is 18.0. The Morgan fingerprint density at radius 2 is 1.95 bits per heavy atom. The first-order chi connectivity index (χ1) is 10.2. The summed E-state index contributed by atoms with van der Waals surface area (Å²) in [5.41, 5.74) is 1.50. The second-order valence-corrected chi connectivity index (χ2v) is 4.51. The van der Waals surface area contributed by atoms with Crippen molar-refractivity contribution >= 4 is 11.6 Å². The lowest BCUT2D eigenvalue weighted by Gasteiger charge is -2.07. The van der Waals surface area contributed by atoms with Crippen LogP contribution >= 0.6 is 0 Å². The molecule has 1 amide bonds. The van der Waals surface area contributed by atoms with E-state index in [9.17, 15) is 9.18 Å². The van der Waals surface area contributed by atoms with Crippen LogP contribution in [0.25, 0.3) is 0 Å². The summed E-state index contributed by atoms with van der Waals surface area (Å²) in [6, 6.07) is 13.4. The first kappa shape index (κ1) is 15.0. The van der Waals surface area contributed by atoms with Gasteiger partial charge in [-0.15, -0.1) is 0 Å². The van der Waals surface area contributed by atoms with Crippen molar-refractivity contribution in [2.75, 3.05) is 19.0 Å². The molecule has 2 aromatic carbocycles. The Bertz CT molecular complexity index is 599. The molecular formula is C16H17FN2O2. The highest BCUT2D eigenvalue weighted by Crippen LogP contribution is 2.11. The predicted molar refractivity (Wildman–Crippen MR) is 79.7 cm³/mol. The summed E-state index contributed by atoms with van der Waals surface area (Å²) in [5, 5.41) is 5.65. The SMILES string of the molecule is COc1ccc(CNCC(=O)Nc2cccc(F)c2)cc1. The molecular weight excluding hydrogens is 271 g/mol. The van der Waals surface area contributed by atoms with Crippen molar-refractivity contribution in [2.45, 2.75) is 6.54 Å². The number of anilines is 1. The van der Waals surface area contributed by atoms with Crippen molar-refractivity contribution in [1.82, 2.24) is 5.32 Å². The highest BCUT2D eigenvalue weighted by atomic mass is 19.1. The van der Waals surface area contributed by atoms with Gasteiger partial charge in [0.05, 0.1) is 13.7 Å². The molecule has 2 rings (SSSR count). The van der Waals surface area contributed by atoms with Crippen LogP contribution in [-0.4, -0.2) is 19.6 Å². The number of amides is 1. The van der Waals surface area contributed by atoms with Crippen LogP contribution in [0.1, 0.15) is 5.56 Å². The zero-order valence-corrected chi connectivity index (χ0v) is 11.7. The van der Waals surface area contributed by atoms with E-state index in [1.54, 1.807) is 19.2 Å². The number of benzene rings is 2. The van der Waals surface area contributed by atoms with E-state index in [1.807, 2.05) is 24.3 Å². The van der Waals surface area contributed by atoms with Crippen LogP contribution in [0.5, 0.6) is 5.75 Å². The molecule has 0 aliphatic heterocycles. The van der Waals surface area contributed by atoms with Crippen LogP contribution in [0.2, 0.25) is 0 Å². The smallest absolute Gasteiger partial charge is 0.238 e. The van der Waals surface area contributed by atoms with Crippen molar-refractivity contribution in [3.8, 4) is 5.75 Å². The molecule has 0 aliphatic carbocycles. The third-order valence-electron chi connectivity index (χ3n) is 2.88. The van der Waals surface area contributed by atoms with Gasteiger partial charge in [-0.1, -0.05) is 18.2 Å². The molecule has 110 valence electrons. The molecule has 2 N–H and O–H groups in total. The zero-order valence-electron chi connectivity index (χ0n) is 11.7. The van der Waals surface area contributed by atoms with Crippen LogP contribution in [0.4, 0.5) is 10.1 Å². The first-order valence-electron chi connectivity index (χ1n) is 6.56. The van der Waals surface area contributed by atoms with Gasteiger partial charge in [-0.25, -0.2) is 4.39 Å². The quantitative estimate of drug-likeness (QED) is 0.859. The second kappa shape index (κ2) is 7.40. The summed E-state index contributed by atoms with van der Waals surface area (Å²) in [7, 11) is 1.62. The lowest BCUT2D eigenvalue weighted by molar-refractivity contribution is -0.115. The summed E-state index contributed by atoms with van der Waals surface area (Å²) >= 11 is 0. The molecule has 0 aromatic heterocycles. The molecule has 0 fully saturated rings. The molecule has 0 unspecified atom stereocenters. The molecule has 21 heavy (non-hydrogen) atoms. The fourth-order valence-electron chi connectivity index (χ4n) is 1.84. The van der Waals surface area contributed by atoms with Crippen molar-refractivity contribution in [2.24, 2.45) is 0 Å². The molecule has 0 saturated heterocycles. The fourth-order valence-corrected chi connectivity index (χ4v) is 1.84. The van der Waals surface area contributed by atoms with Crippen molar-refractivity contribution in [3.05, 3.63) is 59.9 Å². The minimum absolute atomic E-state index is 0.155. The van der Waals surface area contributed by atoms with E-state index in [4.69, 9.17) is 4.74 Å². The topological polar surface area (TPSA) is 50.4 Å². The Kier molecular flexibility index (Phi) is 5.29. The number of ether oxygens (including phenoxy) is 1. The predicted octanol–water partition coefficient (Wildman–Crippen LogP) is 2.56. The average Bonchev–Trinajstić information content (AvgIpc) is 2.48. The number of hydrogen-bond acceptors (Lipinski definition) is 3. The van der Waals surface area contributed by atoms with Gasteiger partial charge in [0.15, 0.2) is 0 Å². The molecule has 0 saturated carbocycles. The number of rotatable bonds is 6. The average molecular weight is 288 g/mol. The van der Waals surface area contributed by atoms with Gasteiger partial charge in [0.2, 0.25) is 5.91 Å². The lowest BCUT2D eigenvalue weighted by Crippen LogP contribution is -2.27. The number of methoxy groups -OCH3 is 1. The Balaban J connectivity index is 1.76. The van der Waals surface area contributed by atoms with Gasteiger partial charge < -0.3 is 15.4 Å². The van der Waals surface area contributed by atoms with Crippen molar-refractivity contribution in [3.63, 3.8) is 0 Å². The zero-order chi connectivity index (χ0) is 15.1. The van der Waals surface area contributed by atoms with Crippen LogP contribution in [0, 0.1) is 5.82 Å². The Morgan fingerprint density at radius 3 is 2.62 bits per heavy atom. The minimum atomic E-state index is -0.376. The monoisotopic (exact) mass is 288 g/mol. The van der Waals surface area contributed by atoms with E-state index >= 15 is 0 Å². The number of carbonyl (C=O) groups excluding carboxylic acids is 1. The highest BCUT2D eigenvalue weighted by molar-refractivity contribution is 5.92. The van der Waals surface area contributed by atoms with Crippen LogP contribution in [0.3, 0.4) is 0 Å². The summed E-state index contributed by atoms with van der Waals surface area (Å²) in [5.74, 6) is 0.204. The standard InChI is InChI=1S/C16H17FN2O2/c1-21-15-7-5-12(6-8-15)10-18-11-16(20)19-14-4-2-3-13(17)9-14/h2-9,18H,10-11H2,1H3,(H,19,20). The van der Waals surface area contributed by atoms with Gasteiger partial charge in [0.25, 0.3) is 0 Å². The maximum absolute atomic E-state index is 13.0. The normalized spacial score (nSPS) is 10.2. The van der Waals surface area contributed by atoms with Crippen LogP contribution in [-0.2, 0) is 11.3 Å². The molecule has 0 radical (unpaired) electrons. The highest BCUT2D eigenvalue weighted by Gasteiger charge is 2.03. The summed E-state index contributed by atoms with van der Waals surface area (Å²) in [6.07, 6.45) is 0. The van der Waals surface area contributed by atoms with Gasteiger partial charge in [0.1, 0.15) is 11.6 Å².